The van der Waals surface area contributed by atoms with Crippen LogP contribution in [0.5, 0.6) is 0 Å². The first-order valence-corrected chi connectivity index (χ1v) is 5.81. The quantitative estimate of drug-likeness (QED) is 0.784. The van der Waals surface area contributed by atoms with Gasteiger partial charge in [-0.15, -0.1) is 5.10 Å². The van der Waals surface area contributed by atoms with E-state index in [1.165, 1.54) is 6.42 Å². The zero-order valence-corrected chi connectivity index (χ0v) is 9.96. The summed E-state index contributed by atoms with van der Waals surface area (Å²) in [6.07, 6.45) is 3.83. The van der Waals surface area contributed by atoms with Crippen molar-refractivity contribution in [2.45, 2.75) is 12.8 Å². The molecule has 2 heterocycles. The van der Waals surface area contributed by atoms with Crippen LogP contribution in [0.3, 0.4) is 0 Å². The van der Waals surface area contributed by atoms with Gasteiger partial charge in [-0.3, -0.25) is 0 Å². The maximum absolute atomic E-state index is 9.05. The highest BCUT2D eigenvalue weighted by atomic mass is 16.5. The van der Waals surface area contributed by atoms with E-state index in [1.807, 2.05) is 0 Å². The average Bonchev–Trinajstić information content (AvgIpc) is 2.39. The Balaban J connectivity index is 2.14. The van der Waals surface area contributed by atoms with Gasteiger partial charge >= 0.3 is 0 Å². The fourth-order valence-electron chi connectivity index (χ4n) is 2.27. The number of hydrogen-bond donors (Lipinski definition) is 0. The predicted octanol–water partition coefficient (Wildman–Crippen LogP) is 1.21. The molecule has 0 spiro atoms. The molecule has 0 amide bonds. The molecule has 0 bridgehead atoms. The zero-order valence-electron chi connectivity index (χ0n) is 9.96. The third kappa shape index (κ3) is 2.71. The van der Waals surface area contributed by atoms with Crippen molar-refractivity contribution in [1.29, 1.82) is 5.26 Å². The van der Waals surface area contributed by atoms with Crippen molar-refractivity contribution in [3.63, 3.8) is 0 Å². The first-order chi connectivity index (χ1) is 8.35. The molecule has 0 aliphatic carbocycles. The molecule has 2 rings (SSSR count). The van der Waals surface area contributed by atoms with Crippen LogP contribution in [-0.2, 0) is 4.74 Å². The van der Waals surface area contributed by atoms with Gasteiger partial charge in [-0.25, -0.2) is 0 Å². The Hall–Kier alpha value is -1.67. The molecule has 5 heteroatoms. The van der Waals surface area contributed by atoms with E-state index < -0.39 is 0 Å². The summed E-state index contributed by atoms with van der Waals surface area (Å²) in [5, 5.41) is 17.0. The second-order valence-corrected chi connectivity index (χ2v) is 4.29. The van der Waals surface area contributed by atoms with Gasteiger partial charge in [0.05, 0.1) is 18.4 Å². The fourth-order valence-corrected chi connectivity index (χ4v) is 2.27. The van der Waals surface area contributed by atoms with Crippen LogP contribution < -0.4 is 4.90 Å². The van der Waals surface area contributed by atoms with Crippen molar-refractivity contribution >= 4 is 5.82 Å². The van der Waals surface area contributed by atoms with Crippen LogP contribution in [0.25, 0.3) is 0 Å². The summed E-state index contributed by atoms with van der Waals surface area (Å²) in [6.45, 7) is 2.59. The van der Waals surface area contributed by atoms with Crippen LogP contribution >= 0.6 is 0 Å². The van der Waals surface area contributed by atoms with Gasteiger partial charge in [-0.05, 0) is 24.8 Å². The summed E-state index contributed by atoms with van der Waals surface area (Å²) >= 11 is 0. The minimum absolute atomic E-state index is 0.516. The van der Waals surface area contributed by atoms with Gasteiger partial charge < -0.3 is 9.64 Å². The molecule has 1 aromatic heterocycles. The van der Waals surface area contributed by atoms with Gasteiger partial charge in [-0.1, -0.05) is 0 Å². The number of aromatic nitrogens is 2. The van der Waals surface area contributed by atoms with Crippen LogP contribution in [0.15, 0.2) is 12.3 Å². The molecule has 17 heavy (non-hydrogen) atoms. The lowest BCUT2D eigenvalue weighted by atomic mass is 9.99. The molecule has 1 atom stereocenters. The second-order valence-electron chi connectivity index (χ2n) is 4.29. The molecule has 1 saturated heterocycles. The third-order valence-electron chi connectivity index (χ3n) is 3.04. The van der Waals surface area contributed by atoms with Crippen LogP contribution in [-0.4, -0.2) is 37.0 Å². The van der Waals surface area contributed by atoms with Crippen LogP contribution in [0.1, 0.15) is 18.4 Å². The minimum Gasteiger partial charge on any atom is -0.384 e. The summed E-state index contributed by atoms with van der Waals surface area (Å²) in [7, 11) is 1.72. The molecular formula is C12H16N4O. The third-order valence-corrected chi connectivity index (χ3v) is 3.04. The molecule has 1 fully saturated rings. The summed E-state index contributed by atoms with van der Waals surface area (Å²) in [5.74, 6) is 1.22. The first-order valence-electron chi connectivity index (χ1n) is 5.81. The molecule has 5 nitrogen and oxygen atoms in total. The Morgan fingerprint density at radius 2 is 2.53 bits per heavy atom. The number of methoxy groups -OCH3 is 1. The maximum atomic E-state index is 9.05. The minimum atomic E-state index is 0.516. The molecule has 1 aromatic rings. The van der Waals surface area contributed by atoms with Crippen molar-refractivity contribution in [1.82, 2.24) is 10.2 Å². The van der Waals surface area contributed by atoms with Gasteiger partial charge in [0.2, 0.25) is 0 Å². The SMILES string of the molecule is COCC1CCCN(c2nnccc2C#N)C1. The number of nitriles is 1. The molecular weight excluding hydrogens is 216 g/mol. The van der Waals surface area contributed by atoms with Gasteiger partial charge in [-0.2, -0.15) is 10.4 Å². The van der Waals surface area contributed by atoms with E-state index in [9.17, 15) is 0 Å². The number of anilines is 1. The Bertz CT molecular complexity index is 413. The van der Waals surface area contributed by atoms with Crippen LogP contribution in [0.2, 0.25) is 0 Å². The van der Waals surface area contributed by atoms with Gasteiger partial charge in [0.25, 0.3) is 0 Å². The average molecular weight is 232 g/mol. The van der Waals surface area contributed by atoms with Crippen molar-refractivity contribution < 1.29 is 4.74 Å². The van der Waals surface area contributed by atoms with E-state index in [4.69, 9.17) is 10.00 Å². The molecule has 1 unspecified atom stereocenters. The summed E-state index contributed by atoms with van der Waals surface area (Å²) in [5.41, 5.74) is 0.595. The Morgan fingerprint density at radius 3 is 3.29 bits per heavy atom. The van der Waals surface area contributed by atoms with E-state index in [0.717, 1.165) is 26.1 Å². The van der Waals surface area contributed by atoms with Crippen molar-refractivity contribution in [3.05, 3.63) is 17.8 Å². The second kappa shape index (κ2) is 5.60. The number of ether oxygens (including phenoxy) is 1. The van der Waals surface area contributed by atoms with E-state index in [-0.39, 0.29) is 0 Å². The van der Waals surface area contributed by atoms with Crippen molar-refractivity contribution in [2.24, 2.45) is 5.92 Å². The molecule has 0 N–H and O–H groups in total. The lowest BCUT2D eigenvalue weighted by molar-refractivity contribution is 0.143. The highest BCUT2D eigenvalue weighted by Crippen LogP contribution is 2.23. The van der Waals surface area contributed by atoms with E-state index >= 15 is 0 Å². The molecule has 1 aliphatic heterocycles. The predicted molar refractivity (Wildman–Crippen MR) is 63.6 cm³/mol. The zero-order chi connectivity index (χ0) is 12.1. The number of rotatable bonds is 3. The van der Waals surface area contributed by atoms with E-state index in [2.05, 4.69) is 21.2 Å². The van der Waals surface area contributed by atoms with Crippen molar-refractivity contribution in [2.75, 3.05) is 31.7 Å². The monoisotopic (exact) mass is 232 g/mol. The van der Waals surface area contributed by atoms with Crippen LogP contribution in [0.4, 0.5) is 5.82 Å². The summed E-state index contributed by atoms with van der Waals surface area (Å²) in [4.78, 5) is 2.14. The van der Waals surface area contributed by atoms with Gasteiger partial charge in [0, 0.05) is 20.2 Å². The first kappa shape index (κ1) is 11.8. The number of piperidine rings is 1. The molecule has 0 saturated carbocycles. The molecule has 90 valence electrons. The molecule has 0 radical (unpaired) electrons. The lowest BCUT2D eigenvalue weighted by Crippen LogP contribution is -2.38. The maximum Gasteiger partial charge on any atom is 0.169 e. The van der Waals surface area contributed by atoms with Crippen molar-refractivity contribution in [3.8, 4) is 6.07 Å². The molecule has 0 aromatic carbocycles. The van der Waals surface area contributed by atoms with Gasteiger partial charge in [0.1, 0.15) is 6.07 Å². The Labute approximate surface area is 101 Å². The van der Waals surface area contributed by atoms with E-state index in [1.54, 1.807) is 19.4 Å². The largest absolute Gasteiger partial charge is 0.384 e. The summed E-state index contributed by atoms with van der Waals surface area (Å²) in [6, 6.07) is 3.87. The molecule has 1 aliphatic rings. The standard InChI is InChI=1S/C12H16N4O/c1-17-9-10-3-2-6-16(8-10)12-11(7-13)4-5-14-15-12/h4-5,10H,2-3,6,8-9H2,1H3. The normalized spacial score (nSPS) is 20.0. The number of nitrogens with zero attached hydrogens (tertiary/aromatic N) is 4. The highest BCUT2D eigenvalue weighted by Gasteiger charge is 2.22. The lowest BCUT2D eigenvalue weighted by Gasteiger charge is -2.33. The van der Waals surface area contributed by atoms with Gasteiger partial charge in [0.15, 0.2) is 5.82 Å². The smallest absolute Gasteiger partial charge is 0.169 e. The topological polar surface area (TPSA) is 62.0 Å². The summed E-state index contributed by atoms with van der Waals surface area (Å²) < 4.78 is 5.19. The van der Waals surface area contributed by atoms with E-state index in [0.29, 0.717) is 17.3 Å². The fraction of sp³-hybridized carbons (Fsp3) is 0.583. The Kier molecular flexibility index (Phi) is 3.89. The Morgan fingerprint density at radius 1 is 1.65 bits per heavy atom. The number of hydrogen-bond acceptors (Lipinski definition) is 5. The highest BCUT2D eigenvalue weighted by molar-refractivity contribution is 5.52. The van der Waals surface area contributed by atoms with Crippen LogP contribution in [0, 0.1) is 17.2 Å².